The van der Waals surface area contributed by atoms with Crippen molar-refractivity contribution in [2.45, 2.75) is 24.5 Å². The van der Waals surface area contributed by atoms with E-state index >= 15 is 0 Å². The van der Waals surface area contributed by atoms with E-state index in [4.69, 9.17) is 9.11 Å². The van der Waals surface area contributed by atoms with Crippen LogP contribution in [0.4, 0.5) is 0 Å². The first-order chi connectivity index (χ1) is 8.18. The zero-order chi connectivity index (χ0) is 13.6. The van der Waals surface area contributed by atoms with E-state index < -0.39 is 25.5 Å². The average Bonchev–Trinajstić information content (AvgIpc) is 2.25. The zero-order valence-corrected chi connectivity index (χ0v) is 10.9. The molecule has 2 aliphatic carbocycles. The minimum atomic E-state index is -4.27. The third kappa shape index (κ3) is 5.05. The summed E-state index contributed by atoms with van der Waals surface area (Å²) in [5.74, 6) is 0. The van der Waals surface area contributed by atoms with Gasteiger partial charge in [0.1, 0.15) is 5.25 Å². The monoisotopic (exact) mass is 340 g/mol. The van der Waals surface area contributed by atoms with E-state index in [0.29, 0.717) is 12.0 Å². The molecule has 1 unspecified atom stereocenters. The molecule has 0 bridgehead atoms. The SMILES string of the molecule is O=S(=O)(O)C1=CC2=CC(S(=O)(=O)O)CCC2=CC1.[NaH].[NaH]. The fraction of sp³-hybridized carbons (Fsp3) is 0.400. The molecule has 6 nitrogen and oxygen atoms in total. The van der Waals surface area contributed by atoms with E-state index in [1.165, 1.54) is 12.2 Å². The summed E-state index contributed by atoms with van der Waals surface area (Å²) in [5, 5.41) is -1.03. The number of allylic oxidation sites excluding steroid dienone is 5. The maximum atomic E-state index is 11.0. The van der Waals surface area contributed by atoms with Crippen molar-refractivity contribution in [1.82, 2.24) is 0 Å². The van der Waals surface area contributed by atoms with Crippen molar-refractivity contribution in [2.75, 3.05) is 0 Å². The first-order valence-electron chi connectivity index (χ1n) is 5.23. The van der Waals surface area contributed by atoms with Gasteiger partial charge in [0.15, 0.2) is 0 Å². The van der Waals surface area contributed by atoms with Crippen LogP contribution in [0.1, 0.15) is 19.3 Å². The van der Waals surface area contributed by atoms with Crippen LogP contribution >= 0.6 is 0 Å². The molecule has 2 rings (SSSR count). The molecule has 0 heterocycles. The second-order valence-corrected chi connectivity index (χ2v) is 7.34. The number of hydrogen-bond acceptors (Lipinski definition) is 4. The number of hydrogen-bond donors (Lipinski definition) is 2. The summed E-state index contributed by atoms with van der Waals surface area (Å²) in [5.41, 5.74) is 1.27. The molecule has 0 amide bonds. The van der Waals surface area contributed by atoms with Crippen LogP contribution in [0.15, 0.2) is 34.3 Å². The molecule has 10 heteroatoms. The van der Waals surface area contributed by atoms with E-state index in [9.17, 15) is 16.8 Å². The van der Waals surface area contributed by atoms with Gasteiger partial charge >= 0.3 is 59.1 Å². The molecule has 104 valence electrons. The first kappa shape index (κ1) is 21.0. The molecule has 2 N–H and O–H groups in total. The summed E-state index contributed by atoms with van der Waals surface area (Å²) in [6, 6.07) is 0. The summed E-state index contributed by atoms with van der Waals surface area (Å²) in [7, 11) is -8.44. The van der Waals surface area contributed by atoms with Crippen LogP contribution in [0.25, 0.3) is 0 Å². The molecule has 0 saturated carbocycles. The normalized spacial score (nSPS) is 22.3. The van der Waals surface area contributed by atoms with Gasteiger partial charge < -0.3 is 0 Å². The molecule has 20 heavy (non-hydrogen) atoms. The van der Waals surface area contributed by atoms with Crippen molar-refractivity contribution < 1.29 is 25.9 Å². The van der Waals surface area contributed by atoms with E-state index in [1.54, 1.807) is 6.08 Å². The Morgan fingerprint density at radius 3 is 2.20 bits per heavy atom. The molecule has 0 aliphatic heterocycles. The van der Waals surface area contributed by atoms with Crippen molar-refractivity contribution in [2.24, 2.45) is 0 Å². The molecule has 1 atom stereocenters. The number of rotatable bonds is 2. The van der Waals surface area contributed by atoms with Crippen molar-refractivity contribution in [3.05, 3.63) is 34.3 Å². The molecule has 0 fully saturated rings. The van der Waals surface area contributed by atoms with Crippen LogP contribution in [-0.4, -0.2) is 90.3 Å². The minimum absolute atomic E-state index is 0. The summed E-state index contributed by atoms with van der Waals surface area (Å²) >= 11 is 0. The van der Waals surface area contributed by atoms with Gasteiger partial charge in [-0.3, -0.25) is 9.11 Å². The van der Waals surface area contributed by atoms with E-state index in [1.807, 2.05) is 0 Å². The Morgan fingerprint density at radius 1 is 1.10 bits per heavy atom. The molecule has 2 aliphatic rings. The topological polar surface area (TPSA) is 109 Å². The van der Waals surface area contributed by atoms with Gasteiger partial charge in [-0.15, -0.1) is 0 Å². The molecular weight excluding hydrogens is 326 g/mol. The van der Waals surface area contributed by atoms with Gasteiger partial charge in [-0.25, -0.2) is 0 Å². The second-order valence-electron chi connectivity index (χ2n) is 4.23. The Bertz CT molecular complexity index is 673. The van der Waals surface area contributed by atoms with Gasteiger partial charge in [0.25, 0.3) is 20.2 Å². The van der Waals surface area contributed by atoms with E-state index in [0.717, 1.165) is 5.57 Å². The molecule has 0 radical (unpaired) electrons. The van der Waals surface area contributed by atoms with E-state index in [-0.39, 0.29) is 76.9 Å². The molecule has 0 spiro atoms. The maximum absolute atomic E-state index is 11.0. The van der Waals surface area contributed by atoms with Crippen LogP contribution in [0.5, 0.6) is 0 Å². The molecule has 0 aromatic heterocycles. The zero-order valence-electron chi connectivity index (χ0n) is 9.27. The van der Waals surface area contributed by atoms with Crippen molar-refractivity contribution >= 4 is 79.4 Å². The average molecular weight is 340 g/mol. The Kier molecular flexibility index (Phi) is 7.93. The molecule has 0 saturated heterocycles. The van der Waals surface area contributed by atoms with Crippen LogP contribution < -0.4 is 0 Å². The van der Waals surface area contributed by atoms with Gasteiger partial charge in [0.05, 0.1) is 4.91 Å². The Hall–Kier alpha value is 1.04. The Morgan fingerprint density at radius 2 is 1.70 bits per heavy atom. The van der Waals surface area contributed by atoms with E-state index in [2.05, 4.69) is 0 Å². The summed E-state index contributed by atoms with van der Waals surface area (Å²) in [4.78, 5) is -0.173. The van der Waals surface area contributed by atoms with Gasteiger partial charge in [0.2, 0.25) is 0 Å². The van der Waals surface area contributed by atoms with Crippen molar-refractivity contribution in [3.8, 4) is 0 Å². The Balaban J connectivity index is 0.00000180. The quantitative estimate of drug-likeness (QED) is 0.531. The fourth-order valence-electron chi connectivity index (χ4n) is 2.06. The first-order valence-corrected chi connectivity index (χ1v) is 8.18. The summed E-state index contributed by atoms with van der Waals surface area (Å²) < 4.78 is 62.0. The summed E-state index contributed by atoms with van der Waals surface area (Å²) in [6.07, 6.45) is 5.03. The predicted octanol–water partition coefficient (Wildman–Crippen LogP) is -0.232. The van der Waals surface area contributed by atoms with Crippen molar-refractivity contribution in [3.63, 3.8) is 0 Å². The predicted molar refractivity (Wildman–Crippen MR) is 79.3 cm³/mol. The molecular formula is C10H14Na2O6S2. The fourth-order valence-corrected chi connectivity index (χ4v) is 3.37. The van der Waals surface area contributed by atoms with Gasteiger partial charge in [-0.1, -0.05) is 12.2 Å². The van der Waals surface area contributed by atoms with Crippen molar-refractivity contribution in [1.29, 1.82) is 0 Å². The van der Waals surface area contributed by atoms with Gasteiger partial charge in [0, 0.05) is 6.42 Å². The molecule has 0 aromatic carbocycles. The Labute approximate surface area is 162 Å². The summed E-state index contributed by atoms with van der Waals surface area (Å²) in [6.45, 7) is 0. The van der Waals surface area contributed by atoms with Gasteiger partial charge in [-0.2, -0.15) is 16.8 Å². The number of fused-ring (bicyclic) bond motifs is 1. The van der Waals surface area contributed by atoms with Gasteiger partial charge in [-0.05, 0) is 30.1 Å². The third-order valence-electron chi connectivity index (χ3n) is 3.01. The van der Waals surface area contributed by atoms with Crippen LogP contribution in [0, 0.1) is 0 Å². The van der Waals surface area contributed by atoms with Crippen LogP contribution in [0.2, 0.25) is 0 Å². The molecule has 0 aromatic rings. The van der Waals surface area contributed by atoms with Crippen LogP contribution in [-0.2, 0) is 20.2 Å². The standard InChI is InChI=1S/C10H12O6S2.2Na.2H/c11-17(12,13)9-3-1-7-2-4-10(18(14,15)16)6-8(7)5-9;;;;/h1,5-6,10H,2-4H2,(H,11,12,13)(H,14,15,16);;;;. The third-order valence-corrected chi connectivity index (χ3v) is 5.10. The van der Waals surface area contributed by atoms with Crippen LogP contribution in [0.3, 0.4) is 0 Å². The second kappa shape index (κ2) is 7.54.